The van der Waals surface area contributed by atoms with Gasteiger partial charge in [-0.15, -0.1) is 0 Å². The number of rotatable bonds is 8. The number of benzene rings is 1. The van der Waals surface area contributed by atoms with Crippen LogP contribution in [-0.4, -0.2) is 29.6 Å². The first kappa shape index (κ1) is 23.0. The molecule has 174 valence electrons. The number of anilines is 1. The van der Waals surface area contributed by atoms with Crippen LogP contribution in [0.5, 0.6) is 5.75 Å². The number of hydrogen-bond donors (Lipinski definition) is 1. The zero-order chi connectivity index (χ0) is 23.6. The highest BCUT2D eigenvalue weighted by atomic mass is 19.1. The summed E-state index contributed by atoms with van der Waals surface area (Å²) in [6.45, 7) is 2.07. The molecule has 33 heavy (non-hydrogen) atoms. The monoisotopic (exact) mass is 459 g/mol. The van der Waals surface area contributed by atoms with Gasteiger partial charge < -0.3 is 14.8 Å². The number of hydrogen-bond acceptors (Lipinski definition) is 5. The number of nitrogens with zero attached hydrogens (tertiary/aromatic N) is 2. The van der Waals surface area contributed by atoms with Crippen LogP contribution in [0.2, 0.25) is 0 Å². The van der Waals surface area contributed by atoms with Crippen molar-refractivity contribution in [1.29, 1.82) is 0 Å². The molecule has 0 aliphatic heterocycles. The van der Waals surface area contributed by atoms with E-state index in [0.29, 0.717) is 23.7 Å². The van der Waals surface area contributed by atoms with Crippen LogP contribution in [-0.2, 0) is 16.1 Å². The lowest BCUT2D eigenvalue weighted by atomic mass is 9.82. The van der Waals surface area contributed by atoms with Crippen molar-refractivity contribution in [1.82, 2.24) is 9.97 Å². The Morgan fingerprint density at radius 3 is 2.88 bits per heavy atom. The average Bonchev–Trinajstić information content (AvgIpc) is 3.52. The summed E-state index contributed by atoms with van der Waals surface area (Å²) in [6.07, 6.45) is 6.94. The molecule has 0 spiro atoms. The molecule has 0 saturated heterocycles. The molecule has 9 heteroatoms. The topological polar surface area (TPSA) is 73.3 Å². The van der Waals surface area contributed by atoms with Crippen molar-refractivity contribution in [3.8, 4) is 5.75 Å². The van der Waals surface area contributed by atoms with E-state index in [1.807, 2.05) is 6.08 Å². The van der Waals surface area contributed by atoms with E-state index in [1.165, 1.54) is 13.2 Å². The van der Waals surface area contributed by atoms with Gasteiger partial charge in [0.15, 0.2) is 5.75 Å². The number of halogens is 3. The van der Waals surface area contributed by atoms with Gasteiger partial charge in [0.1, 0.15) is 29.0 Å². The fourth-order valence-corrected chi connectivity index (χ4v) is 4.28. The zero-order valence-corrected chi connectivity index (χ0v) is 18.3. The number of methoxy groups -OCH3 is 1. The molecule has 2 aliphatic rings. The Bertz CT molecular complexity index is 1120. The Morgan fingerprint density at radius 2 is 2.12 bits per heavy atom. The molecule has 4 rings (SSSR count). The number of aryl methyl sites for hydroxylation is 1. The fraction of sp³-hybridized carbons (Fsp3) is 0.375. The minimum Gasteiger partial charge on any atom is -0.489 e. The first-order valence-electron chi connectivity index (χ1n) is 10.6. The highest BCUT2D eigenvalue weighted by Crippen LogP contribution is 2.61. The van der Waals surface area contributed by atoms with E-state index in [2.05, 4.69) is 15.3 Å². The standard InChI is InChI=1S/C24H24F3N3O3/c1-14-28-11-22(21(29-14)12-32-2)33-13-24(15-4-3-5-16(25)8-15)10-18(24)23(31)30-20-9-17(26)6-7-19(20)27/h3-7,9,11,15,18H,8,10,12-13H2,1-2H3,(H,30,31)/t15?,18-,24+/m0/s1. The maximum Gasteiger partial charge on any atom is 0.228 e. The summed E-state index contributed by atoms with van der Waals surface area (Å²) in [6, 6.07) is 2.85. The van der Waals surface area contributed by atoms with Gasteiger partial charge in [0, 0.05) is 30.9 Å². The molecule has 2 aliphatic carbocycles. The van der Waals surface area contributed by atoms with Crippen molar-refractivity contribution >= 4 is 11.6 Å². The lowest BCUT2D eigenvalue weighted by Gasteiger charge is -2.27. The molecule has 0 bridgehead atoms. The van der Waals surface area contributed by atoms with Crippen LogP contribution in [0.15, 0.2) is 48.5 Å². The van der Waals surface area contributed by atoms with Crippen molar-refractivity contribution < 1.29 is 27.4 Å². The SMILES string of the molecule is COCc1nc(C)ncc1OC[C@@]1(C2C=CC=C(F)C2)C[C@H]1C(=O)Nc1cc(F)ccc1F. The van der Waals surface area contributed by atoms with Crippen molar-refractivity contribution in [2.24, 2.45) is 17.3 Å². The minimum absolute atomic E-state index is 0.0993. The largest absolute Gasteiger partial charge is 0.489 e. The zero-order valence-electron chi connectivity index (χ0n) is 18.3. The molecule has 1 heterocycles. The molecule has 1 fully saturated rings. The molecular weight excluding hydrogens is 435 g/mol. The molecule has 1 N–H and O–H groups in total. The van der Waals surface area contributed by atoms with Crippen LogP contribution >= 0.6 is 0 Å². The summed E-state index contributed by atoms with van der Waals surface area (Å²) in [5.41, 5.74) is -0.388. The van der Waals surface area contributed by atoms with Crippen molar-refractivity contribution in [3.63, 3.8) is 0 Å². The summed E-state index contributed by atoms with van der Waals surface area (Å²) in [5.74, 6) is -2.05. The molecule has 1 amide bonds. The number of amides is 1. The van der Waals surface area contributed by atoms with Gasteiger partial charge in [0.05, 0.1) is 25.1 Å². The number of carbonyl (C=O) groups is 1. The van der Waals surface area contributed by atoms with E-state index in [0.717, 1.165) is 18.2 Å². The van der Waals surface area contributed by atoms with Crippen molar-refractivity contribution in [2.45, 2.75) is 26.4 Å². The van der Waals surface area contributed by atoms with Gasteiger partial charge >= 0.3 is 0 Å². The van der Waals surface area contributed by atoms with Crippen LogP contribution in [0.1, 0.15) is 24.4 Å². The Morgan fingerprint density at radius 1 is 1.30 bits per heavy atom. The second-order valence-electron chi connectivity index (χ2n) is 8.36. The maximum absolute atomic E-state index is 14.1. The Hall–Kier alpha value is -3.20. The molecule has 1 aromatic heterocycles. The van der Waals surface area contributed by atoms with Gasteiger partial charge in [0.25, 0.3) is 0 Å². The van der Waals surface area contributed by atoms with E-state index < -0.39 is 28.9 Å². The van der Waals surface area contributed by atoms with Crippen LogP contribution < -0.4 is 10.1 Å². The number of ether oxygens (including phenoxy) is 2. The molecule has 6 nitrogen and oxygen atoms in total. The van der Waals surface area contributed by atoms with Gasteiger partial charge in [-0.2, -0.15) is 0 Å². The smallest absolute Gasteiger partial charge is 0.228 e. The highest BCUT2D eigenvalue weighted by Gasteiger charge is 2.62. The van der Waals surface area contributed by atoms with Crippen molar-refractivity contribution in [3.05, 3.63) is 71.6 Å². The van der Waals surface area contributed by atoms with Crippen LogP contribution in [0.3, 0.4) is 0 Å². The van der Waals surface area contributed by atoms with E-state index in [9.17, 15) is 18.0 Å². The van der Waals surface area contributed by atoms with Gasteiger partial charge in [-0.1, -0.05) is 12.2 Å². The molecular formula is C24H24F3N3O3. The average molecular weight is 459 g/mol. The maximum atomic E-state index is 14.1. The molecule has 3 atom stereocenters. The number of allylic oxidation sites excluding steroid dienone is 4. The third-order valence-electron chi connectivity index (χ3n) is 6.12. The fourth-order valence-electron chi connectivity index (χ4n) is 4.28. The number of carbonyl (C=O) groups excluding carboxylic acids is 1. The van der Waals surface area contributed by atoms with E-state index in [1.54, 1.807) is 19.2 Å². The lowest BCUT2D eigenvalue weighted by molar-refractivity contribution is -0.118. The molecule has 0 radical (unpaired) electrons. The second kappa shape index (κ2) is 9.35. The van der Waals surface area contributed by atoms with Crippen molar-refractivity contribution in [2.75, 3.05) is 19.0 Å². The van der Waals surface area contributed by atoms with Crippen LogP contribution in [0.4, 0.5) is 18.9 Å². The van der Waals surface area contributed by atoms with Gasteiger partial charge in [-0.05, 0) is 37.5 Å². The summed E-state index contributed by atoms with van der Waals surface area (Å²) >= 11 is 0. The summed E-state index contributed by atoms with van der Waals surface area (Å²) in [7, 11) is 1.54. The first-order valence-corrected chi connectivity index (χ1v) is 10.6. The Kier molecular flexibility index (Phi) is 6.51. The third kappa shape index (κ3) is 4.93. The Balaban J connectivity index is 1.55. The summed E-state index contributed by atoms with van der Waals surface area (Å²) in [4.78, 5) is 21.5. The predicted octanol–water partition coefficient (Wildman–Crippen LogP) is 4.66. The predicted molar refractivity (Wildman–Crippen MR) is 115 cm³/mol. The van der Waals surface area contributed by atoms with E-state index >= 15 is 0 Å². The summed E-state index contributed by atoms with van der Waals surface area (Å²) in [5, 5.41) is 2.47. The van der Waals surface area contributed by atoms with Gasteiger partial charge in [0.2, 0.25) is 5.91 Å². The lowest BCUT2D eigenvalue weighted by Crippen LogP contribution is -2.30. The molecule has 2 aromatic rings. The highest BCUT2D eigenvalue weighted by molar-refractivity contribution is 5.95. The normalized spacial score (nSPS) is 23.7. The van der Waals surface area contributed by atoms with Crippen LogP contribution in [0, 0.1) is 35.8 Å². The van der Waals surface area contributed by atoms with E-state index in [4.69, 9.17) is 9.47 Å². The molecule has 1 aromatic carbocycles. The van der Waals surface area contributed by atoms with Gasteiger partial charge in [-0.25, -0.2) is 23.1 Å². The third-order valence-corrected chi connectivity index (χ3v) is 6.12. The number of nitrogens with one attached hydrogen (secondary N) is 1. The second-order valence-corrected chi connectivity index (χ2v) is 8.36. The minimum atomic E-state index is -0.736. The van der Waals surface area contributed by atoms with Gasteiger partial charge in [-0.3, -0.25) is 4.79 Å². The van der Waals surface area contributed by atoms with E-state index in [-0.39, 0.29) is 37.1 Å². The number of aromatic nitrogens is 2. The first-order chi connectivity index (χ1) is 15.8. The Labute approximate surface area is 189 Å². The molecule has 1 saturated carbocycles. The van der Waals surface area contributed by atoms with Crippen LogP contribution in [0.25, 0.3) is 0 Å². The quantitative estimate of drug-likeness (QED) is 0.622. The summed E-state index contributed by atoms with van der Waals surface area (Å²) < 4.78 is 52.8. The molecule has 1 unspecified atom stereocenters.